The maximum Gasteiger partial charge on any atom is 0.309 e. The lowest BCUT2D eigenvalue weighted by molar-refractivity contribution is -0.142. The minimum absolute atomic E-state index is 0.0652. The number of carbonyl (C=O) groups is 1. The second-order valence-corrected chi connectivity index (χ2v) is 5.06. The topological polar surface area (TPSA) is 26.3 Å². The quantitative estimate of drug-likeness (QED) is 0.405. The molecule has 0 aromatic rings. The van der Waals surface area contributed by atoms with Gasteiger partial charge < -0.3 is 4.74 Å². The lowest BCUT2D eigenvalue weighted by Gasteiger charge is -2.25. The summed E-state index contributed by atoms with van der Waals surface area (Å²) in [6.45, 7) is 0.698. The van der Waals surface area contributed by atoms with Gasteiger partial charge >= 0.3 is 5.97 Å². The van der Waals surface area contributed by atoms with Crippen LogP contribution in [0.3, 0.4) is 0 Å². The molecule has 3 radical (unpaired) electrons. The molecule has 1 aliphatic heterocycles. The van der Waals surface area contributed by atoms with E-state index in [9.17, 15) is 4.79 Å². The van der Waals surface area contributed by atoms with Gasteiger partial charge in [-0.15, -0.1) is 0 Å². The average Bonchev–Trinajstić information content (AvgIpc) is 2.62. The van der Waals surface area contributed by atoms with Crippen molar-refractivity contribution < 1.29 is 9.53 Å². The Morgan fingerprint density at radius 2 is 2.17 bits per heavy atom. The van der Waals surface area contributed by atoms with Gasteiger partial charge in [0.25, 0.3) is 0 Å². The summed E-state index contributed by atoms with van der Waals surface area (Å²) in [4.78, 5) is 11.3. The van der Waals surface area contributed by atoms with Crippen LogP contribution >= 0.6 is 0 Å². The summed E-state index contributed by atoms with van der Waals surface area (Å²) in [6, 6.07) is 0. The third kappa shape index (κ3) is 0.684. The van der Waals surface area contributed by atoms with Crippen LogP contribution in [-0.4, -0.2) is 22.8 Å². The summed E-state index contributed by atoms with van der Waals surface area (Å²) in [5.41, 5.74) is 0.571. The Morgan fingerprint density at radius 3 is 3.00 bits per heavy atom. The molecule has 63 valence electrons. The molecular formula is C9H11O2Si. The molecule has 0 aromatic heterocycles. The van der Waals surface area contributed by atoms with Crippen LogP contribution in [0.2, 0.25) is 5.54 Å². The van der Waals surface area contributed by atoms with E-state index in [1.54, 1.807) is 0 Å². The first-order valence-electron chi connectivity index (χ1n) is 4.65. The first-order valence-corrected chi connectivity index (χ1v) is 5.23. The van der Waals surface area contributed by atoms with E-state index in [-0.39, 0.29) is 11.9 Å². The van der Waals surface area contributed by atoms with Crippen LogP contribution in [0.1, 0.15) is 12.8 Å². The number of carbonyl (C=O) groups excluding carboxylic acids is 1. The summed E-state index contributed by atoms with van der Waals surface area (Å²) in [6.07, 6.45) is 2.50. The molecule has 2 aliphatic carbocycles. The van der Waals surface area contributed by atoms with Crippen LogP contribution in [0.25, 0.3) is 0 Å². The van der Waals surface area contributed by atoms with Crippen molar-refractivity contribution in [2.24, 2.45) is 23.7 Å². The molecule has 2 bridgehead atoms. The Morgan fingerprint density at radius 1 is 1.33 bits per heavy atom. The highest BCUT2D eigenvalue weighted by Crippen LogP contribution is 2.58. The van der Waals surface area contributed by atoms with Gasteiger partial charge in [0, 0.05) is 16.2 Å². The summed E-state index contributed by atoms with van der Waals surface area (Å²) < 4.78 is 5.09. The van der Waals surface area contributed by atoms with Gasteiger partial charge in [0.15, 0.2) is 0 Å². The smallest absolute Gasteiger partial charge is 0.309 e. The van der Waals surface area contributed by atoms with Crippen molar-refractivity contribution in [2.75, 3.05) is 6.61 Å². The lowest BCUT2D eigenvalue weighted by atomic mass is 9.81. The van der Waals surface area contributed by atoms with Gasteiger partial charge in [-0.2, -0.15) is 0 Å². The molecule has 5 atom stereocenters. The number of hydrogen-bond acceptors (Lipinski definition) is 2. The Hall–Kier alpha value is -0.313. The summed E-state index contributed by atoms with van der Waals surface area (Å²) in [5.74, 6) is 2.21. The molecular weight excluding hydrogens is 168 g/mol. The first-order chi connectivity index (χ1) is 5.77. The zero-order chi connectivity index (χ0) is 8.29. The van der Waals surface area contributed by atoms with E-state index in [2.05, 4.69) is 10.2 Å². The third-order valence-electron chi connectivity index (χ3n) is 3.87. The van der Waals surface area contributed by atoms with E-state index in [0.717, 1.165) is 5.92 Å². The number of rotatable bonds is 0. The Kier molecular flexibility index (Phi) is 1.27. The Balaban J connectivity index is 1.95. The fourth-order valence-corrected chi connectivity index (χ4v) is 3.98. The standard InChI is InChI=1S/C9H11O2Si/c10-9-8-5-1-4(2-7(5)12)6(8)3-11-9/h4-8H,1-3H2. The number of fused-ring (bicyclic) bond motifs is 5. The molecule has 3 rings (SSSR count). The largest absolute Gasteiger partial charge is 0.465 e. The maximum absolute atomic E-state index is 11.3. The number of esters is 1. The van der Waals surface area contributed by atoms with Gasteiger partial charge in [-0.1, -0.05) is 0 Å². The highest BCUT2D eigenvalue weighted by molar-refractivity contribution is 6.12. The van der Waals surface area contributed by atoms with Crippen molar-refractivity contribution in [3.8, 4) is 0 Å². The van der Waals surface area contributed by atoms with E-state index >= 15 is 0 Å². The van der Waals surface area contributed by atoms with Gasteiger partial charge in [-0.3, -0.25) is 4.79 Å². The van der Waals surface area contributed by atoms with Crippen molar-refractivity contribution in [3.05, 3.63) is 0 Å². The molecule has 2 nitrogen and oxygen atoms in total. The highest BCUT2D eigenvalue weighted by Gasteiger charge is 2.57. The number of cyclic esters (lactones) is 1. The zero-order valence-electron chi connectivity index (χ0n) is 6.82. The SMILES string of the molecule is O=C1OCC2C3CC([Si])C(C3)C12. The molecule has 0 aromatic carbocycles. The van der Waals surface area contributed by atoms with Crippen molar-refractivity contribution >= 4 is 16.2 Å². The fraction of sp³-hybridized carbons (Fsp3) is 0.889. The summed E-state index contributed by atoms with van der Waals surface area (Å²) >= 11 is 0. The molecule has 0 N–H and O–H groups in total. The van der Waals surface area contributed by atoms with Crippen LogP contribution in [0.15, 0.2) is 0 Å². The third-order valence-corrected chi connectivity index (χ3v) is 4.53. The molecule has 2 saturated carbocycles. The van der Waals surface area contributed by atoms with E-state index < -0.39 is 0 Å². The minimum Gasteiger partial charge on any atom is -0.465 e. The predicted octanol–water partition coefficient (Wildman–Crippen LogP) is 0.772. The number of hydrogen-bond donors (Lipinski definition) is 0. The summed E-state index contributed by atoms with van der Waals surface area (Å²) in [7, 11) is 3.70. The molecule has 12 heavy (non-hydrogen) atoms. The van der Waals surface area contributed by atoms with E-state index in [1.807, 2.05) is 0 Å². The first kappa shape index (κ1) is 7.13. The van der Waals surface area contributed by atoms with E-state index in [4.69, 9.17) is 4.74 Å². The highest BCUT2D eigenvalue weighted by atomic mass is 28.1. The number of ether oxygens (including phenoxy) is 1. The maximum atomic E-state index is 11.3. The molecule has 5 unspecified atom stereocenters. The van der Waals surface area contributed by atoms with Gasteiger partial charge in [0.1, 0.15) is 0 Å². The van der Waals surface area contributed by atoms with E-state index in [1.165, 1.54) is 12.8 Å². The van der Waals surface area contributed by atoms with Crippen LogP contribution in [-0.2, 0) is 9.53 Å². The van der Waals surface area contributed by atoms with Crippen molar-refractivity contribution in [2.45, 2.75) is 18.4 Å². The second kappa shape index (κ2) is 2.13. The van der Waals surface area contributed by atoms with Crippen LogP contribution < -0.4 is 0 Å². The summed E-state index contributed by atoms with van der Waals surface area (Å²) in [5, 5.41) is 0. The van der Waals surface area contributed by atoms with Crippen molar-refractivity contribution in [1.82, 2.24) is 0 Å². The lowest BCUT2D eigenvalue weighted by Crippen LogP contribution is -2.26. The van der Waals surface area contributed by atoms with Gasteiger partial charge in [-0.05, 0) is 30.2 Å². The predicted molar refractivity (Wildman–Crippen MR) is 43.7 cm³/mol. The molecule has 3 aliphatic rings. The fourth-order valence-electron chi connectivity index (χ4n) is 3.33. The zero-order valence-corrected chi connectivity index (χ0v) is 7.82. The normalized spacial score (nSPS) is 55.8. The average molecular weight is 179 g/mol. The molecule has 1 heterocycles. The molecule has 0 amide bonds. The Labute approximate surface area is 75.1 Å². The monoisotopic (exact) mass is 179 g/mol. The van der Waals surface area contributed by atoms with Crippen molar-refractivity contribution in [1.29, 1.82) is 0 Å². The second-order valence-electron chi connectivity index (χ2n) is 4.32. The van der Waals surface area contributed by atoms with Crippen molar-refractivity contribution in [3.63, 3.8) is 0 Å². The molecule has 0 spiro atoms. The van der Waals surface area contributed by atoms with Gasteiger partial charge in [0.2, 0.25) is 0 Å². The van der Waals surface area contributed by atoms with Crippen LogP contribution in [0.4, 0.5) is 0 Å². The Bertz CT molecular complexity index is 241. The molecule has 3 heteroatoms. The van der Waals surface area contributed by atoms with Crippen LogP contribution in [0.5, 0.6) is 0 Å². The van der Waals surface area contributed by atoms with E-state index in [0.29, 0.717) is 24.0 Å². The van der Waals surface area contributed by atoms with Gasteiger partial charge in [0.05, 0.1) is 12.5 Å². The molecule has 1 saturated heterocycles. The molecule has 3 fully saturated rings. The minimum atomic E-state index is 0.0652. The van der Waals surface area contributed by atoms with Gasteiger partial charge in [-0.25, -0.2) is 0 Å². The van der Waals surface area contributed by atoms with Crippen LogP contribution in [0, 0.1) is 23.7 Å².